The Morgan fingerprint density at radius 1 is 1.14 bits per heavy atom. The topological polar surface area (TPSA) is 36.3 Å². The van der Waals surface area contributed by atoms with Crippen molar-refractivity contribution in [1.82, 2.24) is 9.55 Å². The molecule has 0 amide bonds. The van der Waals surface area contributed by atoms with Crippen LogP contribution in [0.2, 0.25) is 0 Å². The number of hydrogen-bond acceptors (Lipinski definition) is 4. The van der Waals surface area contributed by atoms with Gasteiger partial charge in [0.15, 0.2) is 11.5 Å². The van der Waals surface area contributed by atoms with Crippen molar-refractivity contribution in [1.29, 1.82) is 0 Å². The maximum atomic E-state index is 5.35. The van der Waals surface area contributed by atoms with Gasteiger partial charge in [-0.2, -0.15) is 0 Å². The van der Waals surface area contributed by atoms with E-state index in [-0.39, 0.29) is 0 Å². The van der Waals surface area contributed by atoms with E-state index in [2.05, 4.69) is 21.0 Å². The molecule has 0 atom stereocenters. The third-order valence-electron chi connectivity index (χ3n) is 3.26. The van der Waals surface area contributed by atoms with Crippen molar-refractivity contribution in [3.8, 4) is 22.2 Å². The number of methoxy groups -OCH3 is 2. The van der Waals surface area contributed by atoms with Crippen molar-refractivity contribution < 1.29 is 9.47 Å². The summed E-state index contributed by atoms with van der Waals surface area (Å²) in [5, 5.41) is 2.06. The zero-order chi connectivity index (χ0) is 14.7. The lowest BCUT2D eigenvalue weighted by molar-refractivity contribution is 0.354. The zero-order valence-electron chi connectivity index (χ0n) is 11.9. The van der Waals surface area contributed by atoms with E-state index in [9.17, 15) is 0 Å². The summed E-state index contributed by atoms with van der Waals surface area (Å²) < 4.78 is 12.7. The van der Waals surface area contributed by atoms with Gasteiger partial charge in [-0.15, -0.1) is 11.3 Å². The second-order valence-electron chi connectivity index (χ2n) is 4.55. The fraction of sp³-hybridized carbons (Fsp3) is 0.188. The van der Waals surface area contributed by atoms with Crippen LogP contribution in [0.25, 0.3) is 10.7 Å². The van der Waals surface area contributed by atoms with E-state index in [4.69, 9.17) is 9.47 Å². The van der Waals surface area contributed by atoms with Gasteiger partial charge in [0.1, 0.15) is 5.82 Å². The smallest absolute Gasteiger partial charge is 0.161 e. The molecule has 0 saturated carbocycles. The van der Waals surface area contributed by atoms with Crippen LogP contribution in [0, 0.1) is 0 Å². The molecule has 0 bridgehead atoms. The number of ether oxygens (including phenoxy) is 2. The standard InChI is InChI=1S/C16H16N2O2S/c1-19-13-6-5-12(10-14(13)20-2)11-18-8-7-17-16(18)15-4-3-9-21-15/h3-10H,11H2,1-2H3. The highest BCUT2D eigenvalue weighted by Crippen LogP contribution is 2.29. The molecule has 3 aromatic rings. The molecule has 3 rings (SSSR count). The van der Waals surface area contributed by atoms with Gasteiger partial charge in [-0.05, 0) is 29.1 Å². The first-order valence-electron chi connectivity index (χ1n) is 6.57. The van der Waals surface area contributed by atoms with Gasteiger partial charge in [0.2, 0.25) is 0 Å². The van der Waals surface area contributed by atoms with Crippen molar-refractivity contribution in [2.75, 3.05) is 14.2 Å². The molecule has 2 heterocycles. The lowest BCUT2D eigenvalue weighted by Crippen LogP contribution is -2.01. The monoisotopic (exact) mass is 300 g/mol. The number of imidazole rings is 1. The van der Waals surface area contributed by atoms with E-state index in [0.717, 1.165) is 29.4 Å². The van der Waals surface area contributed by atoms with Crippen molar-refractivity contribution in [3.63, 3.8) is 0 Å². The Morgan fingerprint density at radius 3 is 2.71 bits per heavy atom. The molecule has 4 nitrogen and oxygen atoms in total. The Balaban J connectivity index is 1.89. The first kappa shape index (κ1) is 13.7. The molecule has 0 aliphatic rings. The number of aromatic nitrogens is 2. The number of rotatable bonds is 5. The number of benzene rings is 1. The Labute approximate surface area is 127 Å². The largest absolute Gasteiger partial charge is 0.493 e. The van der Waals surface area contributed by atoms with E-state index in [1.54, 1.807) is 25.6 Å². The fourth-order valence-corrected chi connectivity index (χ4v) is 2.98. The van der Waals surface area contributed by atoms with Crippen LogP contribution >= 0.6 is 11.3 Å². The predicted octanol–water partition coefficient (Wildman–Crippen LogP) is 3.68. The third kappa shape index (κ3) is 2.78. The molecule has 0 fully saturated rings. The van der Waals surface area contributed by atoms with Gasteiger partial charge >= 0.3 is 0 Å². The Morgan fingerprint density at radius 2 is 2.00 bits per heavy atom. The number of hydrogen-bond donors (Lipinski definition) is 0. The highest BCUT2D eigenvalue weighted by atomic mass is 32.1. The summed E-state index contributed by atoms with van der Waals surface area (Å²) >= 11 is 1.69. The molecule has 0 spiro atoms. The van der Waals surface area contributed by atoms with E-state index >= 15 is 0 Å². The SMILES string of the molecule is COc1ccc(Cn2ccnc2-c2cccs2)cc1OC. The first-order chi connectivity index (χ1) is 10.3. The van der Waals surface area contributed by atoms with E-state index in [0.29, 0.717) is 0 Å². The van der Waals surface area contributed by atoms with Crippen LogP contribution in [0.15, 0.2) is 48.1 Å². The van der Waals surface area contributed by atoms with Gasteiger partial charge in [-0.1, -0.05) is 12.1 Å². The summed E-state index contributed by atoms with van der Waals surface area (Å²) in [5.74, 6) is 2.47. The first-order valence-corrected chi connectivity index (χ1v) is 7.45. The number of nitrogens with zero attached hydrogens (tertiary/aromatic N) is 2. The molecule has 5 heteroatoms. The van der Waals surface area contributed by atoms with Crippen molar-refractivity contribution in [2.24, 2.45) is 0 Å². The molecule has 0 radical (unpaired) electrons. The highest BCUT2D eigenvalue weighted by Gasteiger charge is 2.09. The van der Waals surface area contributed by atoms with Gasteiger partial charge in [0.25, 0.3) is 0 Å². The van der Waals surface area contributed by atoms with Gasteiger partial charge in [-0.3, -0.25) is 0 Å². The number of thiophene rings is 1. The molecule has 0 unspecified atom stereocenters. The maximum Gasteiger partial charge on any atom is 0.161 e. The van der Waals surface area contributed by atoms with Gasteiger partial charge in [0.05, 0.1) is 19.1 Å². The van der Waals surface area contributed by atoms with E-state index in [1.165, 1.54) is 4.88 Å². The summed E-state index contributed by atoms with van der Waals surface area (Å²) in [6, 6.07) is 10.1. The van der Waals surface area contributed by atoms with Crippen molar-refractivity contribution in [2.45, 2.75) is 6.54 Å². The van der Waals surface area contributed by atoms with Gasteiger partial charge in [-0.25, -0.2) is 4.98 Å². The summed E-state index contributed by atoms with van der Waals surface area (Å²) in [7, 11) is 3.29. The summed E-state index contributed by atoms with van der Waals surface area (Å²) in [6.07, 6.45) is 3.82. The van der Waals surface area contributed by atoms with Crippen LogP contribution in [0.1, 0.15) is 5.56 Å². The highest BCUT2D eigenvalue weighted by molar-refractivity contribution is 7.13. The van der Waals surface area contributed by atoms with Gasteiger partial charge < -0.3 is 14.0 Å². The quantitative estimate of drug-likeness (QED) is 0.721. The second kappa shape index (κ2) is 6.01. The summed E-state index contributed by atoms with van der Waals surface area (Å²) in [5.41, 5.74) is 1.14. The van der Waals surface area contributed by atoms with Crippen LogP contribution < -0.4 is 9.47 Å². The summed E-state index contributed by atoms with van der Waals surface area (Å²) in [6.45, 7) is 0.744. The molecular weight excluding hydrogens is 284 g/mol. The molecule has 2 aromatic heterocycles. The molecule has 0 aliphatic carbocycles. The lowest BCUT2D eigenvalue weighted by Gasteiger charge is -2.11. The fourth-order valence-electron chi connectivity index (χ4n) is 2.24. The van der Waals surface area contributed by atoms with Crippen LogP contribution in [-0.4, -0.2) is 23.8 Å². The zero-order valence-corrected chi connectivity index (χ0v) is 12.8. The molecule has 1 aromatic carbocycles. The predicted molar refractivity (Wildman–Crippen MR) is 84.2 cm³/mol. The average molecular weight is 300 g/mol. The third-order valence-corrected chi connectivity index (χ3v) is 4.12. The Bertz CT molecular complexity index is 720. The minimum absolute atomic E-state index is 0.741. The van der Waals surface area contributed by atoms with Crippen molar-refractivity contribution >= 4 is 11.3 Å². The van der Waals surface area contributed by atoms with E-state index < -0.39 is 0 Å². The van der Waals surface area contributed by atoms with Crippen molar-refractivity contribution in [3.05, 3.63) is 53.7 Å². The molecule has 0 saturated heterocycles. The summed E-state index contributed by atoms with van der Waals surface area (Å²) in [4.78, 5) is 5.62. The molecular formula is C16H16N2O2S. The molecule has 0 aliphatic heterocycles. The van der Waals surface area contributed by atoms with Crippen LogP contribution in [0.4, 0.5) is 0 Å². The average Bonchev–Trinajstić information content (AvgIpc) is 3.17. The van der Waals surface area contributed by atoms with Gasteiger partial charge in [0, 0.05) is 18.9 Å². The van der Waals surface area contributed by atoms with Crippen LogP contribution in [-0.2, 0) is 6.54 Å². The molecule has 108 valence electrons. The normalized spacial score (nSPS) is 10.6. The molecule has 21 heavy (non-hydrogen) atoms. The van der Waals surface area contributed by atoms with Crippen LogP contribution in [0.3, 0.4) is 0 Å². The second-order valence-corrected chi connectivity index (χ2v) is 5.49. The lowest BCUT2D eigenvalue weighted by atomic mass is 10.2. The van der Waals surface area contributed by atoms with Crippen LogP contribution in [0.5, 0.6) is 11.5 Å². The Kier molecular flexibility index (Phi) is 3.92. The minimum Gasteiger partial charge on any atom is -0.493 e. The molecule has 0 N–H and O–H groups in total. The van der Waals surface area contributed by atoms with E-state index in [1.807, 2.05) is 36.7 Å². The maximum absolute atomic E-state index is 5.35. The Hall–Kier alpha value is -2.27. The minimum atomic E-state index is 0.741.